The van der Waals surface area contributed by atoms with E-state index < -0.39 is 0 Å². The highest BCUT2D eigenvalue weighted by Gasteiger charge is 2.29. The summed E-state index contributed by atoms with van der Waals surface area (Å²) in [6.07, 6.45) is 0.0265. The van der Waals surface area contributed by atoms with Gasteiger partial charge in [-0.1, -0.05) is 23.4 Å². The Bertz CT molecular complexity index is 563. The average molecular weight is 314 g/mol. The van der Waals surface area contributed by atoms with Crippen LogP contribution in [0.5, 0.6) is 0 Å². The topological polar surface area (TPSA) is 92.5 Å². The molecule has 1 aliphatic rings. The van der Waals surface area contributed by atoms with Crippen molar-refractivity contribution in [1.82, 2.24) is 4.90 Å². The number of benzene rings is 1. The van der Waals surface area contributed by atoms with Gasteiger partial charge in [-0.05, 0) is 18.2 Å². The van der Waals surface area contributed by atoms with Crippen LogP contribution < -0.4 is 11.1 Å². The second-order valence-electron chi connectivity index (χ2n) is 4.14. The van der Waals surface area contributed by atoms with Gasteiger partial charge in [-0.3, -0.25) is 19.3 Å². The Morgan fingerprint density at radius 1 is 1.45 bits per heavy atom. The molecule has 1 aromatic carbocycles. The summed E-state index contributed by atoms with van der Waals surface area (Å²) in [5.74, 6) is -0.447. The number of imide groups is 1. The Hall–Kier alpha value is -1.73. The predicted octanol–water partition coefficient (Wildman–Crippen LogP) is 1.95. The molecular formula is C12H12ClN3O3S. The van der Waals surface area contributed by atoms with Crippen molar-refractivity contribution >= 4 is 51.8 Å². The van der Waals surface area contributed by atoms with Gasteiger partial charge < -0.3 is 11.1 Å². The summed E-state index contributed by atoms with van der Waals surface area (Å²) < 4.78 is 0. The summed E-state index contributed by atoms with van der Waals surface area (Å²) in [6.45, 7) is 0.0725. The molecule has 1 aliphatic heterocycles. The lowest BCUT2D eigenvalue weighted by atomic mass is 10.2. The summed E-state index contributed by atoms with van der Waals surface area (Å²) in [5, 5.41) is 2.63. The molecule has 8 heteroatoms. The zero-order valence-electron chi connectivity index (χ0n) is 10.4. The Labute approximate surface area is 124 Å². The number of halogens is 1. The number of carbonyl (C=O) groups excluding carboxylic acids is 3. The van der Waals surface area contributed by atoms with E-state index in [1.807, 2.05) is 0 Å². The van der Waals surface area contributed by atoms with E-state index in [0.717, 1.165) is 16.7 Å². The first-order chi connectivity index (χ1) is 9.47. The molecule has 106 valence electrons. The molecule has 0 bridgehead atoms. The van der Waals surface area contributed by atoms with Crippen LogP contribution in [0.1, 0.15) is 6.42 Å². The lowest BCUT2D eigenvalue weighted by molar-refractivity contribution is -0.125. The predicted molar refractivity (Wildman–Crippen MR) is 78.7 cm³/mol. The van der Waals surface area contributed by atoms with Crippen LogP contribution in [-0.4, -0.2) is 34.3 Å². The zero-order valence-corrected chi connectivity index (χ0v) is 12.0. The van der Waals surface area contributed by atoms with Crippen LogP contribution in [0.25, 0.3) is 0 Å². The van der Waals surface area contributed by atoms with E-state index in [9.17, 15) is 14.4 Å². The highest BCUT2D eigenvalue weighted by atomic mass is 35.5. The number of hydrogen-bond acceptors (Lipinski definition) is 5. The smallest absolute Gasteiger partial charge is 0.288 e. The number of rotatable bonds is 4. The van der Waals surface area contributed by atoms with Gasteiger partial charge >= 0.3 is 0 Å². The molecule has 20 heavy (non-hydrogen) atoms. The molecule has 1 aromatic rings. The molecule has 0 aromatic heterocycles. The fourth-order valence-corrected chi connectivity index (χ4v) is 2.64. The molecule has 3 amide bonds. The van der Waals surface area contributed by atoms with Crippen molar-refractivity contribution in [2.24, 2.45) is 0 Å². The maximum atomic E-state index is 11.8. The quantitative estimate of drug-likeness (QED) is 0.829. The van der Waals surface area contributed by atoms with Gasteiger partial charge in [0.25, 0.3) is 5.24 Å². The molecule has 0 saturated carbocycles. The van der Waals surface area contributed by atoms with Crippen molar-refractivity contribution < 1.29 is 14.4 Å². The van der Waals surface area contributed by atoms with Crippen molar-refractivity contribution in [2.45, 2.75) is 6.42 Å². The molecule has 3 N–H and O–H groups in total. The highest BCUT2D eigenvalue weighted by molar-refractivity contribution is 8.14. The number of amides is 3. The SMILES string of the molecule is Nc1ccc(NC(=O)CCN2C(=O)CSC2=O)c(Cl)c1. The lowest BCUT2D eigenvalue weighted by Gasteiger charge is -2.13. The lowest BCUT2D eigenvalue weighted by Crippen LogP contribution is -2.31. The van der Waals surface area contributed by atoms with Crippen LogP contribution in [0.4, 0.5) is 16.2 Å². The number of hydrogen-bond donors (Lipinski definition) is 2. The largest absolute Gasteiger partial charge is 0.399 e. The van der Waals surface area contributed by atoms with Crippen molar-refractivity contribution in [3.05, 3.63) is 23.2 Å². The Morgan fingerprint density at radius 3 is 2.80 bits per heavy atom. The monoisotopic (exact) mass is 313 g/mol. The number of anilines is 2. The molecule has 0 aliphatic carbocycles. The summed E-state index contributed by atoms with van der Waals surface area (Å²) in [5.41, 5.74) is 6.49. The van der Waals surface area contributed by atoms with Gasteiger partial charge in [-0.2, -0.15) is 0 Å². The van der Waals surface area contributed by atoms with E-state index in [1.165, 1.54) is 6.07 Å². The third kappa shape index (κ3) is 3.43. The minimum absolute atomic E-state index is 0.0265. The first-order valence-corrected chi connectivity index (χ1v) is 7.15. The summed E-state index contributed by atoms with van der Waals surface area (Å²) in [7, 11) is 0. The van der Waals surface area contributed by atoms with Crippen LogP contribution in [0, 0.1) is 0 Å². The minimum Gasteiger partial charge on any atom is -0.399 e. The third-order valence-corrected chi connectivity index (χ3v) is 3.84. The van der Waals surface area contributed by atoms with Gasteiger partial charge in [0.1, 0.15) is 0 Å². The van der Waals surface area contributed by atoms with Gasteiger partial charge in [0.15, 0.2) is 0 Å². The van der Waals surface area contributed by atoms with Crippen LogP contribution in [0.2, 0.25) is 5.02 Å². The van der Waals surface area contributed by atoms with Gasteiger partial charge in [0.2, 0.25) is 11.8 Å². The minimum atomic E-state index is -0.325. The number of nitrogens with one attached hydrogen (secondary N) is 1. The first-order valence-electron chi connectivity index (χ1n) is 5.79. The molecule has 0 unspecified atom stereocenters. The molecular weight excluding hydrogens is 302 g/mol. The van der Waals surface area contributed by atoms with E-state index in [2.05, 4.69) is 5.32 Å². The summed E-state index contributed by atoms with van der Waals surface area (Å²) in [6, 6.07) is 4.74. The summed E-state index contributed by atoms with van der Waals surface area (Å²) >= 11 is 6.87. The Morgan fingerprint density at radius 2 is 2.20 bits per heavy atom. The number of carbonyl (C=O) groups is 3. The molecule has 0 radical (unpaired) electrons. The Kier molecular flexibility index (Phi) is 4.51. The normalized spacial score (nSPS) is 14.8. The zero-order chi connectivity index (χ0) is 14.7. The standard InChI is InChI=1S/C12H12ClN3O3S/c13-8-5-7(14)1-2-9(8)15-10(17)3-4-16-11(18)6-20-12(16)19/h1-2,5H,3-4,6,14H2,(H,15,17). The van der Waals surface area contributed by atoms with E-state index in [-0.39, 0.29) is 35.8 Å². The second-order valence-corrected chi connectivity index (χ2v) is 5.47. The fraction of sp³-hybridized carbons (Fsp3) is 0.250. The second kappa shape index (κ2) is 6.15. The number of nitrogens with two attached hydrogens (primary N) is 1. The Balaban J connectivity index is 1.89. The van der Waals surface area contributed by atoms with Crippen LogP contribution >= 0.6 is 23.4 Å². The van der Waals surface area contributed by atoms with Crippen molar-refractivity contribution in [1.29, 1.82) is 0 Å². The molecule has 0 spiro atoms. The van der Waals surface area contributed by atoms with Gasteiger partial charge in [0.05, 0.1) is 16.5 Å². The average Bonchev–Trinajstić information content (AvgIpc) is 2.70. The van der Waals surface area contributed by atoms with Crippen LogP contribution in [-0.2, 0) is 9.59 Å². The first kappa shape index (κ1) is 14.7. The molecule has 2 rings (SSSR count). The van der Waals surface area contributed by atoms with E-state index in [0.29, 0.717) is 16.4 Å². The third-order valence-electron chi connectivity index (χ3n) is 2.67. The molecule has 1 fully saturated rings. The fourth-order valence-electron chi connectivity index (χ4n) is 1.66. The number of thioether (sulfide) groups is 1. The molecule has 1 saturated heterocycles. The molecule has 0 atom stereocenters. The maximum absolute atomic E-state index is 11.8. The number of nitrogens with zero attached hydrogens (tertiary/aromatic N) is 1. The van der Waals surface area contributed by atoms with Crippen LogP contribution in [0.15, 0.2) is 18.2 Å². The molecule has 1 heterocycles. The van der Waals surface area contributed by atoms with Crippen molar-refractivity contribution in [2.75, 3.05) is 23.3 Å². The van der Waals surface area contributed by atoms with E-state index in [4.69, 9.17) is 17.3 Å². The van der Waals surface area contributed by atoms with E-state index >= 15 is 0 Å². The van der Waals surface area contributed by atoms with Crippen LogP contribution in [0.3, 0.4) is 0 Å². The molecule has 6 nitrogen and oxygen atoms in total. The van der Waals surface area contributed by atoms with Crippen molar-refractivity contribution in [3.8, 4) is 0 Å². The van der Waals surface area contributed by atoms with E-state index in [1.54, 1.807) is 12.1 Å². The highest BCUT2D eigenvalue weighted by Crippen LogP contribution is 2.24. The summed E-state index contributed by atoms with van der Waals surface area (Å²) in [4.78, 5) is 35.6. The maximum Gasteiger partial charge on any atom is 0.288 e. The van der Waals surface area contributed by atoms with Gasteiger partial charge in [0, 0.05) is 18.7 Å². The van der Waals surface area contributed by atoms with Crippen molar-refractivity contribution in [3.63, 3.8) is 0 Å². The van der Waals surface area contributed by atoms with Gasteiger partial charge in [-0.25, -0.2) is 0 Å². The van der Waals surface area contributed by atoms with Gasteiger partial charge in [-0.15, -0.1) is 0 Å². The number of nitrogen functional groups attached to an aromatic ring is 1.